The van der Waals surface area contributed by atoms with Crippen molar-refractivity contribution < 1.29 is 9.53 Å². The van der Waals surface area contributed by atoms with E-state index in [2.05, 4.69) is 34.3 Å². The third-order valence-corrected chi connectivity index (χ3v) is 4.78. The zero-order chi connectivity index (χ0) is 15.5. The van der Waals surface area contributed by atoms with Gasteiger partial charge in [0.25, 0.3) is 0 Å². The van der Waals surface area contributed by atoms with Gasteiger partial charge in [-0.3, -0.25) is 10.2 Å². The quantitative estimate of drug-likeness (QED) is 0.915. The van der Waals surface area contributed by atoms with Crippen LogP contribution in [0.15, 0.2) is 5.51 Å². The molecule has 1 aromatic rings. The molecule has 2 fully saturated rings. The molecule has 2 aliphatic rings. The second-order valence-corrected chi connectivity index (χ2v) is 6.97. The number of nitrogens with zero attached hydrogens (tertiary/aromatic N) is 4. The van der Waals surface area contributed by atoms with Crippen molar-refractivity contribution in [2.75, 3.05) is 31.5 Å². The van der Waals surface area contributed by atoms with Crippen LogP contribution in [0.1, 0.15) is 26.7 Å². The molecule has 0 unspecified atom stereocenters. The first kappa shape index (κ1) is 15.6. The fraction of sp³-hybridized carbons (Fsp3) is 0.786. The molecule has 7 nitrogen and oxygen atoms in total. The Hall–Kier alpha value is -1.25. The summed E-state index contributed by atoms with van der Waals surface area (Å²) in [5.74, 6) is 0. The van der Waals surface area contributed by atoms with Crippen LogP contribution < -0.4 is 5.32 Å². The zero-order valence-corrected chi connectivity index (χ0v) is 13.9. The Bertz CT molecular complexity index is 487. The Kier molecular flexibility index (Phi) is 4.90. The molecule has 1 N–H and O–H groups in total. The number of likely N-dealkylation sites (tertiary alicyclic amines) is 1. The average molecular weight is 325 g/mol. The highest BCUT2D eigenvalue weighted by molar-refractivity contribution is 7.13. The van der Waals surface area contributed by atoms with Crippen molar-refractivity contribution in [3.8, 4) is 0 Å². The Morgan fingerprint density at radius 3 is 2.91 bits per heavy atom. The smallest absolute Gasteiger partial charge is 0.323 e. The predicted octanol–water partition coefficient (Wildman–Crippen LogP) is 1.64. The molecule has 22 heavy (non-hydrogen) atoms. The maximum Gasteiger partial charge on any atom is 0.323 e. The van der Waals surface area contributed by atoms with Crippen LogP contribution in [-0.2, 0) is 4.74 Å². The minimum absolute atomic E-state index is 0.0615. The number of hydrogen-bond donors (Lipinski definition) is 1. The van der Waals surface area contributed by atoms with Crippen molar-refractivity contribution in [2.45, 2.75) is 44.9 Å². The number of morpholine rings is 1. The van der Waals surface area contributed by atoms with Gasteiger partial charge in [0.2, 0.25) is 5.13 Å². The molecular formula is C14H23N5O2S. The largest absolute Gasteiger partial charge is 0.373 e. The van der Waals surface area contributed by atoms with Crippen LogP contribution >= 0.6 is 11.3 Å². The third-order valence-electron chi connectivity index (χ3n) is 4.18. The van der Waals surface area contributed by atoms with Crippen LogP contribution in [0.5, 0.6) is 0 Å². The number of aromatic nitrogens is 2. The number of hydrogen-bond acceptors (Lipinski definition) is 6. The molecule has 0 aromatic carbocycles. The van der Waals surface area contributed by atoms with Crippen LogP contribution in [0, 0.1) is 0 Å². The fourth-order valence-electron chi connectivity index (χ4n) is 3.42. The fourth-order valence-corrected chi connectivity index (χ4v) is 3.85. The molecule has 122 valence electrons. The van der Waals surface area contributed by atoms with Crippen molar-refractivity contribution in [3.63, 3.8) is 0 Å². The second kappa shape index (κ2) is 6.89. The van der Waals surface area contributed by atoms with Gasteiger partial charge in [-0.15, -0.1) is 10.2 Å². The van der Waals surface area contributed by atoms with Gasteiger partial charge in [-0.05, 0) is 26.7 Å². The first-order chi connectivity index (χ1) is 10.6. The highest BCUT2D eigenvalue weighted by atomic mass is 32.1. The summed E-state index contributed by atoms with van der Waals surface area (Å²) < 4.78 is 5.78. The summed E-state index contributed by atoms with van der Waals surface area (Å²) in [6, 6.07) is 0.207. The number of carbonyl (C=O) groups is 1. The van der Waals surface area contributed by atoms with Crippen LogP contribution in [0.3, 0.4) is 0 Å². The normalized spacial score (nSPS) is 29.7. The van der Waals surface area contributed by atoms with E-state index in [1.807, 2.05) is 4.90 Å². The topological polar surface area (TPSA) is 70.6 Å². The third kappa shape index (κ3) is 3.74. The van der Waals surface area contributed by atoms with Crippen molar-refractivity contribution in [1.82, 2.24) is 20.0 Å². The number of amides is 2. The summed E-state index contributed by atoms with van der Waals surface area (Å²) in [5.41, 5.74) is 1.62. The molecule has 8 heteroatoms. The molecule has 1 aromatic heterocycles. The molecule has 3 rings (SSSR count). The number of urea groups is 1. The Balaban J connectivity index is 1.57. The first-order valence-electron chi connectivity index (χ1n) is 7.83. The number of carbonyl (C=O) groups excluding carboxylic acids is 1. The van der Waals surface area contributed by atoms with Gasteiger partial charge in [-0.1, -0.05) is 11.3 Å². The molecule has 2 amide bonds. The van der Waals surface area contributed by atoms with Crippen LogP contribution in [-0.4, -0.2) is 70.5 Å². The summed E-state index contributed by atoms with van der Waals surface area (Å²) in [7, 11) is 0. The standard InChI is InChI=1S/C14H23N5O2S/c1-10-6-18(7-11(2)21-10)8-12-4-3-5-19(12)14(20)16-13-17-15-9-22-13/h9-12H,3-8H2,1-2H3,(H,16,17,20)/t10-,11-,12+/m1/s1. The van der Waals surface area contributed by atoms with Crippen LogP contribution in [0.25, 0.3) is 0 Å². The summed E-state index contributed by atoms with van der Waals surface area (Å²) in [4.78, 5) is 16.8. The highest BCUT2D eigenvalue weighted by Gasteiger charge is 2.32. The van der Waals surface area contributed by atoms with E-state index in [1.54, 1.807) is 5.51 Å². The predicted molar refractivity (Wildman–Crippen MR) is 85.1 cm³/mol. The molecule has 0 spiro atoms. The maximum atomic E-state index is 12.4. The monoisotopic (exact) mass is 325 g/mol. The highest BCUT2D eigenvalue weighted by Crippen LogP contribution is 2.22. The minimum Gasteiger partial charge on any atom is -0.373 e. The van der Waals surface area contributed by atoms with Gasteiger partial charge >= 0.3 is 6.03 Å². The molecule has 0 aliphatic carbocycles. The van der Waals surface area contributed by atoms with Crippen LogP contribution in [0.4, 0.5) is 9.93 Å². The molecule has 2 saturated heterocycles. The van der Waals surface area contributed by atoms with E-state index in [9.17, 15) is 4.79 Å². The number of rotatable bonds is 3. The lowest BCUT2D eigenvalue weighted by atomic mass is 10.1. The Labute approximate surface area is 134 Å². The molecular weight excluding hydrogens is 302 g/mol. The first-order valence-corrected chi connectivity index (χ1v) is 8.71. The van der Waals surface area contributed by atoms with Gasteiger partial charge in [0, 0.05) is 32.2 Å². The van der Waals surface area contributed by atoms with Crippen molar-refractivity contribution in [2.24, 2.45) is 0 Å². The summed E-state index contributed by atoms with van der Waals surface area (Å²) in [6.07, 6.45) is 2.63. The van der Waals surface area contributed by atoms with Gasteiger partial charge in [0.1, 0.15) is 5.51 Å². The molecule has 3 heterocycles. The molecule has 0 saturated carbocycles. The van der Waals surface area contributed by atoms with E-state index < -0.39 is 0 Å². The van der Waals surface area contributed by atoms with Gasteiger partial charge in [0.15, 0.2) is 0 Å². The second-order valence-electron chi connectivity index (χ2n) is 6.14. The summed E-state index contributed by atoms with van der Waals surface area (Å²) >= 11 is 1.34. The van der Waals surface area contributed by atoms with Gasteiger partial charge in [0.05, 0.1) is 12.2 Å². The average Bonchev–Trinajstić information content (AvgIpc) is 3.08. The number of ether oxygens (including phenoxy) is 1. The van der Waals surface area contributed by atoms with E-state index in [0.717, 1.165) is 39.0 Å². The van der Waals surface area contributed by atoms with Crippen molar-refractivity contribution >= 4 is 22.5 Å². The van der Waals surface area contributed by atoms with E-state index >= 15 is 0 Å². The van der Waals surface area contributed by atoms with E-state index in [4.69, 9.17) is 4.74 Å². The van der Waals surface area contributed by atoms with Crippen molar-refractivity contribution in [3.05, 3.63) is 5.51 Å². The lowest BCUT2D eigenvalue weighted by molar-refractivity contribution is -0.0712. The van der Waals surface area contributed by atoms with Crippen LogP contribution in [0.2, 0.25) is 0 Å². The lowest BCUT2D eigenvalue weighted by Crippen LogP contribution is -2.51. The molecule has 0 radical (unpaired) electrons. The summed E-state index contributed by atoms with van der Waals surface area (Å²) in [5, 5.41) is 11.0. The Morgan fingerprint density at radius 2 is 2.23 bits per heavy atom. The molecule has 0 bridgehead atoms. The number of nitrogens with one attached hydrogen (secondary N) is 1. The molecule has 2 aliphatic heterocycles. The number of anilines is 1. The van der Waals surface area contributed by atoms with Gasteiger partial charge < -0.3 is 9.64 Å². The minimum atomic E-state index is -0.0615. The lowest BCUT2D eigenvalue weighted by Gasteiger charge is -2.38. The SMILES string of the molecule is C[C@@H]1CN(C[C@@H]2CCCN2C(=O)Nc2nncs2)C[C@@H](C)O1. The maximum absolute atomic E-state index is 12.4. The van der Waals surface area contributed by atoms with E-state index in [-0.39, 0.29) is 24.3 Å². The van der Waals surface area contributed by atoms with Crippen molar-refractivity contribution in [1.29, 1.82) is 0 Å². The Morgan fingerprint density at radius 1 is 1.45 bits per heavy atom. The molecule has 3 atom stereocenters. The summed E-state index contributed by atoms with van der Waals surface area (Å²) in [6.45, 7) is 7.82. The van der Waals surface area contributed by atoms with Gasteiger partial charge in [-0.25, -0.2) is 4.79 Å². The zero-order valence-electron chi connectivity index (χ0n) is 13.1. The van der Waals surface area contributed by atoms with Gasteiger partial charge in [-0.2, -0.15) is 0 Å². The van der Waals surface area contributed by atoms with E-state index in [1.165, 1.54) is 11.3 Å². The van der Waals surface area contributed by atoms with E-state index in [0.29, 0.717) is 5.13 Å².